The number of ether oxygens (including phenoxy) is 1. The summed E-state index contributed by atoms with van der Waals surface area (Å²) in [5, 5.41) is -0.227. The highest BCUT2D eigenvalue weighted by atomic mass is 32.2. The van der Waals surface area contributed by atoms with Crippen LogP contribution in [0.5, 0.6) is 11.5 Å². The van der Waals surface area contributed by atoms with Gasteiger partial charge in [0, 0.05) is 25.5 Å². The number of hydrogen-bond acceptors (Lipinski definition) is 6. The summed E-state index contributed by atoms with van der Waals surface area (Å²) in [5.41, 5.74) is 1.35. The van der Waals surface area contributed by atoms with Crippen LogP contribution in [0.4, 0.5) is 19.0 Å². The Morgan fingerprint density at radius 3 is 2.39 bits per heavy atom. The van der Waals surface area contributed by atoms with Crippen LogP contribution < -0.4 is 9.64 Å². The minimum absolute atomic E-state index is 0.227. The van der Waals surface area contributed by atoms with Crippen LogP contribution in [0.3, 0.4) is 0 Å². The van der Waals surface area contributed by atoms with Crippen LogP contribution in [0.15, 0.2) is 59.9 Å². The van der Waals surface area contributed by atoms with Gasteiger partial charge in [0.25, 0.3) is 0 Å². The van der Waals surface area contributed by atoms with Crippen LogP contribution in [0.2, 0.25) is 0 Å². The predicted octanol–water partition coefficient (Wildman–Crippen LogP) is 4.25. The lowest BCUT2D eigenvalue weighted by atomic mass is 9.99. The van der Waals surface area contributed by atoms with Crippen LogP contribution >= 0.6 is 0 Å². The average Bonchev–Trinajstić information content (AvgIpc) is 2.72. The van der Waals surface area contributed by atoms with E-state index in [1.54, 1.807) is 12.1 Å². The minimum atomic E-state index is -4.40. The Balaban J connectivity index is 1.53. The molecule has 0 spiro atoms. The highest BCUT2D eigenvalue weighted by Crippen LogP contribution is 2.32. The molecule has 4 rings (SSSR count). The zero-order valence-corrected chi connectivity index (χ0v) is 17.2. The predicted molar refractivity (Wildman–Crippen MR) is 108 cm³/mol. The third-order valence-corrected chi connectivity index (χ3v) is 5.74. The van der Waals surface area contributed by atoms with E-state index in [1.807, 2.05) is 17.0 Å². The summed E-state index contributed by atoms with van der Waals surface area (Å²) in [6.45, 7) is 1.14. The van der Waals surface area contributed by atoms with Crippen LogP contribution in [0.25, 0.3) is 0 Å². The van der Waals surface area contributed by atoms with Crippen molar-refractivity contribution in [3.63, 3.8) is 0 Å². The maximum atomic E-state index is 12.7. The molecule has 0 bridgehead atoms. The van der Waals surface area contributed by atoms with Crippen molar-refractivity contribution >= 4 is 15.7 Å². The van der Waals surface area contributed by atoms with E-state index in [1.165, 1.54) is 18.3 Å². The number of nitrogens with zero attached hydrogens (tertiary/aromatic N) is 3. The van der Waals surface area contributed by atoms with Gasteiger partial charge in [0.1, 0.15) is 17.3 Å². The summed E-state index contributed by atoms with van der Waals surface area (Å²) in [6, 6.07) is 11.7. The summed E-state index contributed by atoms with van der Waals surface area (Å²) in [6.07, 6.45) is -1.19. The largest absolute Gasteiger partial charge is 0.457 e. The molecule has 1 aliphatic heterocycles. The fourth-order valence-electron chi connectivity index (χ4n) is 3.33. The molecule has 0 aliphatic carbocycles. The first-order valence-corrected chi connectivity index (χ1v) is 11.2. The summed E-state index contributed by atoms with van der Waals surface area (Å²) < 4.78 is 67.3. The number of aromatic nitrogens is 2. The van der Waals surface area contributed by atoms with Crippen molar-refractivity contribution < 1.29 is 26.3 Å². The molecule has 1 aromatic heterocycles. The van der Waals surface area contributed by atoms with Crippen LogP contribution in [0.1, 0.15) is 16.7 Å². The van der Waals surface area contributed by atoms with E-state index in [0.29, 0.717) is 30.4 Å². The van der Waals surface area contributed by atoms with E-state index >= 15 is 0 Å². The number of halogens is 3. The minimum Gasteiger partial charge on any atom is -0.457 e. The summed E-state index contributed by atoms with van der Waals surface area (Å²) in [5.74, 6) is 1.31. The summed E-state index contributed by atoms with van der Waals surface area (Å²) in [4.78, 5) is 9.92. The van der Waals surface area contributed by atoms with E-state index in [9.17, 15) is 21.6 Å². The average molecular weight is 449 g/mol. The molecule has 31 heavy (non-hydrogen) atoms. The maximum Gasteiger partial charge on any atom is 0.416 e. The van der Waals surface area contributed by atoms with Gasteiger partial charge in [-0.05, 0) is 60.0 Å². The maximum absolute atomic E-state index is 12.7. The quantitative estimate of drug-likeness (QED) is 0.555. The second-order valence-corrected chi connectivity index (χ2v) is 9.11. The molecule has 0 saturated heterocycles. The van der Waals surface area contributed by atoms with E-state index in [2.05, 4.69) is 9.97 Å². The highest BCUT2D eigenvalue weighted by Gasteiger charge is 2.30. The molecule has 162 valence electrons. The van der Waals surface area contributed by atoms with Crippen LogP contribution in [-0.4, -0.2) is 31.2 Å². The molecule has 0 atom stereocenters. The Bertz CT molecular complexity index is 1210. The Morgan fingerprint density at radius 2 is 1.71 bits per heavy atom. The van der Waals surface area contributed by atoms with Crippen molar-refractivity contribution in [2.45, 2.75) is 24.3 Å². The van der Waals surface area contributed by atoms with E-state index in [0.717, 1.165) is 35.9 Å². The molecule has 1 aliphatic rings. The molecular weight excluding hydrogens is 431 g/mol. The summed E-state index contributed by atoms with van der Waals surface area (Å²) >= 11 is 0. The van der Waals surface area contributed by atoms with Gasteiger partial charge in [-0.15, -0.1) is 0 Å². The Labute approximate surface area is 177 Å². The Morgan fingerprint density at radius 1 is 1.00 bits per heavy atom. The topological polar surface area (TPSA) is 72.4 Å². The van der Waals surface area contributed by atoms with Gasteiger partial charge >= 0.3 is 6.18 Å². The third-order valence-electron chi connectivity index (χ3n) is 4.88. The number of fused-ring (bicyclic) bond motifs is 1. The molecule has 10 heteroatoms. The van der Waals surface area contributed by atoms with E-state index in [4.69, 9.17) is 4.74 Å². The number of alkyl halides is 3. The van der Waals surface area contributed by atoms with Gasteiger partial charge in [-0.1, -0.05) is 6.07 Å². The van der Waals surface area contributed by atoms with Crippen LogP contribution in [-0.2, 0) is 29.0 Å². The lowest BCUT2D eigenvalue weighted by Gasteiger charge is -2.30. The monoisotopic (exact) mass is 449 g/mol. The highest BCUT2D eigenvalue weighted by molar-refractivity contribution is 7.90. The number of sulfone groups is 1. The number of anilines is 1. The number of hydrogen-bond donors (Lipinski definition) is 0. The van der Waals surface area contributed by atoms with Crippen molar-refractivity contribution in [1.82, 2.24) is 9.97 Å². The fraction of sp³-hybridized carbons (Fsp3) is 0.238. The Kier molecular flexibility index (Phi) is 5.34. The van der Waals surface area contributed by atoms with Gasteiger partial charge in [0.05, 0.1) is 5.56 Å². The SMILES string of the molecule is CS(=O)(=O)c1nccc(N2CCc3ccc(Oc4ccc(C(F)(F)F)cc4)cc3C2)n1. The molecule has 0 amide bonds. The second-order valence-electron chi connectivity index (χ2n) is 7.20. The molecule has 2 aromatic carbocycles. The number of benzene rings is 2. The van der Waals surface area contributed by atoms with Crippen molar-refractivity contribution in [2.75, 3.05) is 17.7 Å². The molecule has 2 heterocycles. The van der Waals surface area contributed by atoms with Gasteiger partial charge in [0.2, 0.25) is 15.0 Å². The molecule has 0 saturated carbocycles. The lowest BCUT2D eigenvalue weighted by Crippen LogP contribution is -2.31. The van der Waals surface area contributed by atoms with Gasteiger partial charge in [-0.2, -0.15) is 13.2 Å². The standard InChI is InChI=1S/C21H18F3N3O3S/c1-31(28,29)20-25-10-8-19(26-20)27-11-9-14-2-5-18(12-15(14)13-27)30-17-6-3-16(4-7-17)21(22,23)24/h2-8,10,12H,9,11,13H2,1H3. The van der Waals surface area contributed by atoms with Crippen molar-refractivity contribution in [2.24, 2.45) is 0 Å². The third kappa shape index (κ3) is 4.79. The van der Waals surface area contributed by atoms with Gasteiger partial charge in [-0.3, -0.25) is 0 Å². The normalized spacial score (nSPS) is 14.3. The number of rotatable bonds is 4. The van der Waals surface area contributed by atoms with Gasteiger partial charge in [-0.25, -0.2) is 18.4 Å². The molecule has 0 N–H and O–H groups in total. The second kappa shape index (κ2) is 7.84. The first kappa shape index (κ1) is 21.1. The fourth-order valence-corrected chi connectivity index (χ4v) is 3.84. The molecule has 6 nitrogen and oxygen atoms in total. The van der Waals surface area contributed by atoms with Gasteiger partial charge in [0.15, 0.2) is 0 Å². The summed E-state index contributed by atoms with van der Waals surface area (Å²) in [7, 11) is -3.52. The van der Waals surface area contributed by atoms with Crippen LogP contribution in [0, 0.1) is 0 Å². The molecule has 0 unspecified atom stereocenters. The first-order valence-electron chi connectivity index (χ1n) is 9.34. The van der Waals surface area contributed by atoms with Gasteiger partial charge < -0.3 is 9.64 Å². The molecule has 0 radical (unpaired) electrons. The van der Waals surface area contributed by atoms with Crippen molar-refractivity contribution in [3.8, 4) is 11.5 Å². The van der Waals surface area contributed by atoms with E-state index in [-0.39, 0.29) is 5.16 Å². The van der Waals surface area contributed by atoms with E-state index < -0.39 is 21.6 Å². The van der Waals surface area contributed by atoms with Crippen molar-refractivity contribution in [1.29, 1.82) is 0 Å². The molecule has 3 aromatic rings. The lowest BCUT2D eigenvalue weighted by molar-refractivity contribution is -0.137. The first-order chi connectivity index (χ1) is 14.6. The molecule has 0 fully saturated rings. The van der Waals surface area contributed by atoms with Crippen molar-refractivity contribution in [3.05, 3.63) is 71.4 Å². The molecular formula is C21H18F3N3O3S. The zero-order chi connectivity index (χ0) is 22.2. The zero-order valence-electron chi connectivity index (χ0n) is 16.4. The Hall–Kier alpha value is -3.14. The smallest absolute Gasteiger partial charge is 0.416 e.